The van der Waals surface area contributed by atoms with Crippen molar-refractivity contribution in [1.29, 1.82) is 0 Å². The van der Waals surface area contributed by atoms with Crippen LogP contribution in [0.15, 0.2) is 6.07 Å². The number of cyclic esters (lactones) is 1. The lowest BCUT2D eigenvalue weighted by Gasteiger charge is -2.37. The summed E-state index contributed by atoms with van der Waals surface area (Å²) in [6, 6.07) is 2.26. The van der Waals surface area contributed by atoms with Gasteiger partial charge in [0.1, 0.15) is 12.3 Å². The summed E-state index contributed by atoms with van der Waals surface area (Å²) in [6.07, 6.45) is 4.62. The third-order valence-corrected chi connectivity index (χ3v) is 5.91. The topological polar surface area (TPSA) is 67.7 Å². The molecule has 7 heteroatoms. The number of unbranched alkanes of at least 4 members (excludes halogenated alkanes) is 1. The molecule has 1 aromatic heterocycles. The summed E-state index contributed by atoms with van der Waals surface area (Å²) in [5.74, 6) is 0.0236. The van der Waals surface area contributed by atoms with Crippen LogP contribution in [0.5, 0.6) is 0 Å². The van der Waals surface area contributed by atoms with Crippen molar-refractivity contribution in [2.24, 2.45) is 7.05 Å². The summed E-state index contributed by atoms with van der Waals surface area (Å²) in [7, 11) is 1.83. The first-order valence-corrected chi connectivity index (χ1v) is 10.5. The van der Waals surface area contributed by atoms with E-state index in [4.69, 9.17) is 4.74 Å². The van der Waals surface area contributed by atoms with Crippen LogP contribution in [0.2, 0.25) is 0 Å². The van der Waals surface area contributed by atoms with Gasteiger partial charge >= 0.3 is 6.09 Å². The zero-order chi connectivity index (χ0) is 20.5. The van der Waals surface area contributed by atoms with Crippen molar-refractivity contribution in [3.05, 3.63) is 17.5 Å². The van der Waals surface area contributed by atoms with Crippen LogP contribution in [0.25, 0.3) is 0 Å². The third-order valence-electron chi connectivity index (χ3n) is 5.91. The molecule has 2 aliphatic rings. The van der Waals surface area contributed by atoms with Crippen molar-refractivity contribution >= 4 is 12.0 Å². The van der Waals surface area contributed by atoms with E-state index >= 15 is 0 Å². The molecule has 3 rings (SSSR count). The van der Waals surface area contributed by atoms with Crippen molar-refractivity contribution in [1.82, 2.24) is 19.6 Å². The number of carbonyl (C=O) groups is 2. The number of aromatic nitrogens is 2. The van der Waals surface area contributed by atoms with E-state index in [1.54, 1.807) is 4.68 Å². The SMILES string of the molecule is CCCCC1COC(=O)N1C1CCN(C(=O)c2cc(C(C)(C)C)nn2C)CC1. The van der Waals surface area contributed by atoms with Gasteiger partial charge in [0.05, 0.1) is 11.7 Å². The zero-order valence-electron chi connectivity index (χ0n) is 17.9. The van der Waals surface area contributed by atoms with Gasteiger partial charge in [-0.05, 0) is 25.3 Å². The van der Waals surface area contributed by atoms with Gasteiger partial charge < -0.3 is 9.64 Å². The van der Waals surface area contributed by atoms with Gasteiger partial charge in [0, 0.05) is 31.6 Å². The minimum atomic E-state index is -0.188. The molecule has 28 heavy (non-hydrogen) atoms. The van der Waals surface area contributed by atoms with Gasteiger partial charge in [-0.2, -0.15) is 5.10 Å². The minimum Gasteiger partial charge on any atom is -0.447 e. The van der Waals surface area contributed by atoms with Gasteiger partial charge in [-0.15, -0.1) is 0 Å². The van der Waals surface area contributed by atoms with Crippen molar-refractivity contribution < 1.29 is 14.3 Å². The first kappa shape index (κ1) is 20.7. The summed E-state index contributed by atoms with van der Waals surface area (Å²) in [6.45, 7) is 10.3. The fraction of sp³-hybridized carbons (Fsp3) is 0.762. The van der Waals surface area contributed by atoms with Gasteiger partial charge in [0.2, 0.25) is 0 Å². The number of hydrogen-bond donors (Lipinski definition) is 0. The summed E-state index contributed by atoms with van der Waals surface area (Å²) in [4.78, 5) is 29.1. The fourth-order valence-electron chi connectivity index (χ4n) is 4.12. The maximum atomic E-state index is 13.0. The molecule has 0 saturated carbocycles. The number of hydrogen-bond acceptors (Lipinski definition) is 4. The summed E-state index contributed by atoms with van der Waals surface area (Å²) in [5.41, 5.74) is 1.46. The van der Waals surface area contributed by atoms with Crippen LogP contribution in [-0.4, -0.2) is 63.4 Å². The highest BCUT2D eigenvalue weighted by molar-refractivity contribution is 5.92. The molecule has 1 unspecified atom stereocenters. The van der Waals surface area contributed by atoms with Gasteiger partial charge in [0.15, 0.2) is 0 Å². The van der Waals surface area contributed by atoms with E-state index in [0.717, 1.165) is 37.8 Å². The monoisotopic (exact) mass is 390 g/mol. The number of likely N-dealkylation sites (tertiary alicyclic amines) is 1. The van der Waals surface area contributed by atoms with Crippen LogP contribution < -0.4 is 0 Å². The predicted octanol–water partition coefficient (Wildman–Crippen LogP) is 3.33. The van der Waals surface area contributed by atoms with Crippen molar-refractivity contribution in [3.63, 3.8) is 0 Å². The molecule has 0 spiro atoms. The molecule has 7 nitrogen and oxygen atoms in total. The van der Waals surface area contributed by atoms with Crippen LogP contribution in [0.4, 0.5) is 4.79 Å². The zero-order valence-corrected chi connectivity index (χ0v) is 17.9. The molecule has 2 saturated heterocycles. The van der Waals surface area contributed by atoms with E-state index in [9.17, 15) is 9.59 Å². The molecule has 0 N–H and O–H groups in total. The fourth-order valence-corrected chi connectivity index (χ4v) is 4.12. The maximum Gasteiger partial charge on any atom is 0.410 e. The lowest BCUT2D eigenvalue weighted by atomic mass is 9.92. The second-order valence-electron chi connectivity index (χ2n) is 9.09. The second-order valence-corrected chi connectivity index (χ2v) is 9.09. The molecular weight excluding hydrogens is 356 g/mol. The minimum absolute atomic E-state index is 0.0236. The van der Waals surface area contributed by atoms with E-state index in [1.165, 1.54) is 0 Å². The Hall–Kier alpha value is -2.05. The van der Waals surface area contributed by atoms with Crippen molar-refractivity contribution in [3.8, 4) is 0 Å². The molecule has 0 bridgehead atoms. The van der Waals surface area contributed by atoms with E-state index in [0.29, 0.717) is 25.4 Å². The molecule has 0 radical (unpaired) electrons. The number of piperidine rings is 1. The number of ether oxygens (including phenoxy) is 1. The van der Waals surface area contributed by atoms with E-state index in [1.807, 2.05) is 22.9 Å². The second kappa shape index (κ2) is 8.13. The number of aryl methyl sites for hydroxylation is 1. The normalized spacial score (nSPS) is 21.3. The molecule has 2 fully saturated rings. The highest BCUT2D eigenvalue weighted by atomic mass is 16.6. The van der Waals surface area contributed by atoms with Crippen LogP contribution in [-0.2, 0) is 17.2 Å². The van der Waals surface area contributed by atoms with E-state index in [2.05, 4.69) is 32.8 Å². The van der Waals surface area contributed by atoms with Crippen LogP contribution in [0.1, 0.15) is 76.0 Å². The highest BCUT2D eigenvalue weighted by Crippen LogP contribution is 2.27. The molecule has 2 aliphatic heterocycles. The first-order chi connectivity index (χ1) is 13.2. The molecule has 0 aromatic carbocycles. The number of amides is 2. The first-order valence-electron chi connectivity index (χ1n) is 10.5. The van der Waals surface area contributed by atoms with Gasteiger partial charge in [-0.25, -0.2) is 4.79 Å². The third kappa shape index (κ3) is 4.18. The maximum absolute atomic E-state index is 13.0. The lowest BCUT2D eigenvalue weighted by molar-refractivity contribution is 0.0623. The lowest BCUT2D eigenvalue weighted by Crippen LogP contribution is -2.50. The smallest absolute Gasteiger partial charge is 0.410 e. The Morgan fingerprint density at radius 3 is 2.54 bits per heavy atom. The Bertz CT molecular complexity index is 714. The molecular formula is C21H34N4O3. The standard InChI is InChI=1S/C21H34N4O3/c1-6-7-8-16-14-28-20(27)25(16)15-9-11-24(12-10-15)19(26)17-13-18(21(2,3)4)22-23(17)5/h13,15-16H,6-12,14H2,1-5H3. The highest BCUT2D eigenvalue weighted by Gasteiger charge is 2.39. The van der Waals surface area contributed by atoms with Gasteiger partial charge in [-0.1, -0.05) is 40.5 Å². The van der Waals surface area contributed by atoms with Crippen molar-refractivity contribution in [2.45, 2.75) is 77.3 Å². The van der Waals surface area contributed by atoms with E-state index in [-0.39, 0.29) is 29.5 Å². The Kier molecular flexibility index (Phi) is 6.01. The molecule has 1 aromatic rings. The predicted molar refractivity (Wildman–Crippen MR) is 107 cm³/mol. The summed E-state index contributed by atoms with van der Waals surface area (Å²) >= 11 is 0. The Morgan fingerprint density at radius 1 is 1.29 bits per heavy atom. The van der Waals surface area contributed by atoms with Crippen LogP contribution in [0, 0.1) is 0 Å². The molecule has 0 aliphatic carbocycles. The Morgan fingerprint density at radius 2 is 1.96 bits per heavy atom. The van der Waals surface area contributed by atoms with Gasteiger partial charge in [-0.3, -0.25) is 14.4 Å². The molecule has 1 atom stereocenters. The quantitative estimate of drug-likeness (QED) is 0.773. The van der Waals surface area contributed by atoms with Crippen LogP contribution in [0.3, 0.4) is 0 Å². The van der Waals surface area contributed by atoms with Gasteiger partial charge in [0.25, 0.3) is 5.91 Å². The number of rotatable bonds is 5. The van der Waals surface area contributed by atoms with Crippen LogP contribution >= 0.6 is 0 Å². The summed E-state index contributed by atoms with van der Waals surface area (Å²) in [5, 5.41) is 4.52. The molecule has 156 valence electrons. The van der Waals surface area contributed by atoms with E-state index < -0.39 is 0 Å². The Balaban J connectivity index is 1.63. The van der Waals surface area contributed by atoms with Crippen molar-refractivity contribution in [2.75, 3.05) is 19.7 Å². The Labute approximate surface area is 168 Å². The number of carbonyl (C=O) groups excluding carboxylic acids is 2. The average molecular weight is 391 g/mol. The average Bonchev–Trinajstić information content (AvgIpc) is 3.22. The number of nitrogens with zero attached hydrogens (tertiary/aromatic N) is 4. The summed E-state index contributed by atoms with van der Waals surface area (Å²) < 4.78 is 7.01. The molecule has 2 amide bonds. The largest absolute Gasteiger partial charge is 0.447 e. The molecule has 3 heterocycles.